The van der Waals surface area contributed by atoms with E-state index in [4.69, 9.17) is 18.6 Å². The van der Waals surface area contributed by atoms with E-state index in [9.17, 15) is 9.59 Å². The van der Waals surface area contributed by atoms with E-state index in [1.165, 1.54) is 0 Å². The summed E-state index contributed by atoms with van der Waals surface area (Å²) in [4.78, 5) is 31.5. The fraction of sp³-hybridized carbons (Fsp3) is 0.429. The van der Waals surface area contributed by atoms with Gasteiger partial charge in [0.1, 0.15) is 5.58 Å². The summed E-state index contributed by atoms with van der Waals surface area (Å²) in [7, 11) is 1.59. The van der Waals surface area contributed by atoms with Gasteiger partial charge in [0, 0.05) is 30.7 Å². The maximum absolute atomic E-state index is 13.8. The molecular weight excluding hydrogens is 540 g/mol. The molecule has 9 heteroatoms. The molecule has 1 fully saturated rings. The number of carbonyl (C=O) groups excluding carboxylic acids is 1. The third kappa shape index (κ3) is 5.12. The van der Waals surface area contributed by atoms with Crippen LogP contribution in [0.3, 0.4) is 0 Å². The summed E-state index contributed by atoms with van der Waals surface area (Å²) in [6, 6.07) is 10.2. The maximum atomic E-state index is 13.8. The van der Waals surface area contributed by atoms with Gasteiger partial charge in [0.25, 0.3) is 5.91 Å². The minimum Gasteiger partial charge on any atom is -0.493 e. The number of rotatable bonds is 8. The van der Waals surface area contributed by atoms with Crippen molar-refractivity contribution in [3.63, 3.8) is 0 Å². The van der Waals surface area contributed by atoms with Crippen LogP contribution < -0.4 is 14.9 Å². The second-order valence-electron chi connectivity index (χ2n) is 9.78. The smallest absolute Gasteiger partial charge is 0.290 e. The van der Waals surface area contributed by atoms with Gasteiger partial charge in [-0.1, -0.05) is 35.8 Å². The highest BCUT2D eigenvalue weighted by molar-refractivity contribution is 9.10. The molecule has 1 unspecified atom stereocenters. The average molecular weight is 571 g/mol. The third-order valence-corrected chi connectivity index (χ3v) is 7.26. The lowest BCUT2D eigenvalue weighted by Crippen LogP contribution is -2.42. The summed E-state index contributed by atoms with van der Waals surface area (Å²) in [6.45, 7) is 8.80. The zero-order chi connectivity index (χ0) is 26.1. The molecule has 8 nitrogen and oxygen atoms in total. The summed E-state index contributed by atoms with van der Waals surface area (Å²) in [6.07, 6.45) is 0. The predicted octanol–water partition coefficient (Wildman–Crippen LogP) is 4.48. The third-order valence-electron chi connectivity index (χ3n) is 6.76. The summed E-state index contributed by atoms with van der Waals surface area (Å²) >= 11 is 3.45. The normalized spacial score (nSPS) is 18.0. The first-order valence-electron chi connectivity index (χ1n) is 12.6. The van der Waals surface area contributed by atoms with Crippen molar-refractivity contribution in [2.75, 3.05) is 53.1 Å². The van der Waals surface area contributed by atoms with Gasteiger partial charge in [0.2, 0.25) is 5.76 Å². The Morgan fingerprint density at radius 1 is 1.05 bits per heavy atom. The Morgan fingerprint density at radius 2 is 1.84 bits per heavy atom. The minimum atomic E-state index is -0.601. The molecule has 37 heavy (non-hydrogen) atoms. The number of hydrogen-bond donors (Lipinski definition) is 0. The first-order chi connectivity index (χ1) is 17.9. The van der Waals surface area contributed by atoms with E-state index in [0.29, 0.717) is 66.9 Å². The van der Waals surface area contributed by atoms with Gasteiger partial charge < -0.3 is 23.5 Å². The topological polar surface area (TPSA) is 81.5 Å². The van der Waals surface area contributed by atoms with Gasteiger partial charge in [0.15, 0.2) is 16.9 Å². The second kappa shape index (κ2) is 10.8. The number of halogens is 1. The maximum Gasteiger partial charge on any atom is 0.290 e. The van der Waals surface area contributed by atoms with Gasteiger partial charge >= 0.3 is 0 Å². The average Bonchev–Trinajstić information content (AvgIpc) is 3.18. The number of nitrogens with zero attached hydrogens (tertiary/aromatic N) is 2. The van der Waals surface area contributed by atoms with E-state index in [1.54, 1.807) is 30.2 Å². The van der Waals surface area contributed by atoms with Crippen LogP contribution in [0.25, 0.3) is 11.0 Å². The molecule has 1 atom stereocenters. The summed E-state index contributed by atoms with van der Waals surface area (Å²) in [5.74, 6) is 1.36. The second-order valence-corrected chi connectivity index (χ2v) is 10.7. The van der Waals surface area contributed by atoms with Crippen LogP contribution in [-0.4, -0.2) is 68.8 Å². The van der Waals surface area contributed by atoms with Crippen molar-refractivity contribution >= 4 is 32.8 Å². The van der Waals surface area contributed by atoms with Crippen molar-refractivity contribution in [1.29, 1.82) is 0 Å². The van der Waals surface area contributed by atoms with Crippen LogP contribution in [0.5, 0.6) is 11.5 Å². The minimum absolute atomic E-state index is 0.103. The molecule has 0 saturated carbocycles. The molecule has 0 spiro atoms. The molecule has 3 aromatic rings. The fourth-order valence-corrected chi connectivity index (χ4v) is 5.23. The standard InChI is InChI=1S/C28H31BrN2O6/c1-17(2)16-36-22-6-4-18(14-23(22)34-3)25-24-26(32)20-15-19(29)5-7-21(20)37-27(24)28(33)31(25)9-8-30-10-12-35-13-11-30/h4-7,14-15,17,25H,8-13,16H2,1-3H3. The Morgan fingerprint density at radius 3 is 2.57 bits per heavy atom. The molecule has 2 aromatic carbocycles. The number of amides is 1. The van der Waals surface area contributed by atoms with Gasteiger partial charge in [0.05, 0.1) is 43.9 Å². The lowest BCUT2D eigenvalue weighted by Gasteiger charge is -2.31. The molecule has 1 saturated heterocycles. The zero-order valence-corrected chi connectivity index (χ0v) is 22.9. The Kier molecular flexibility index (Phi) is 7.55. The Bertz CT molecular complexity index is 1360. The highest BCUT2D eigenvalue weighted by Gasteiger charge is 2.43. The van der Waals surface area contributed by atoms with Crippen LogP contribution in [0.1, 0.15) is 41.6 Å². The predicted molar refractivity (Wildman–Crippen MR) is 144 cm³/mol. The molecule has 5 rings (SSSR count). The van der Waals surface area contributed by atoms with Crippen molar-refractivity contribution in [2.24, 2.45) is 5.92 Å². The number of benzene rings is 2. The van der Waals surface area contributed by atoms with E-state index in [2.05, 4.69) is 34.7 Å². The van der Waals surface area contributed by atoms with Crippen molar-refractivity contribution in [3.05, 3.63) is 68.0 Å². The molecule has 2 aliphatic rings. The Hall–Kier alpha value is -2.88. The SMILES string of the molecule is COc1cc(C2c3c(oc4ccc(Br)cc4c3=O)C(=O)N2CCN2CCOCC2)ccc1OCC(C)C. The van der Waals surface area contributed by atoms with E-state index in [1.807, 2.05) is 18.2 Å². The molecule has 3 heterocycles. The van der Waals surface area contributed by atoms with Gasteiger partial charge in [-0.2, -0.15) is 0 Å². The number of ether oxygens (including phenoxy) is 3. The molecule has 1 amide bonds. The molecule has 2 aliphatic heterocycles. The van der Waals surface area contributed by atoms with Crippen LogP contribution in [-0.2, 0) is 4.74 Å². The van der Waals surface area contributed by atoms with E-state index < -0.39 is 6.04 Å². The van der Waals surface area contributed by atoms with Crippen molar-refractivity contribution in [1.82, 2.24) is 9.80 Å². The van der Waals surface area contributed by atoms with Gasteiger partial charge in [-0.05, 0) is 41.8 Å². The molecule has 0 N–H and O–H groups in total. The van der Waals surface area contributed by atoms with Crippen LogP contribution in [0.4, 0.5) is 0 Å². The Labute approximate surface area is 224 Å². The highest BCUT2D eigenvalue weighted by atomic mass is 79.9. The number of carbonyl (C=O) groups is 1. The first-order valence-corrected chi connectivity index (χ1v) is 13.3. The molecule has 196 valence electrons. The first kappa shape index (κ1) is 25.8. The number of hydrogen-bond acceptors (Lipinski definition) is 7. The lowest BCUT2D eigenvalue weighted by molar-refractivity contribution is 0.0314. The van der Waals surface area contributed by atoms with E-state index in [0.717, 1.165) is 23.1 Å². The molecular formula is C28H31BrN2O6. The largest absolute Gasteiger partial charge is 0.493 e. The molecule has 1 aromatic heterocycles. The Balaban J connectivity index is 1.59. The number of fused-ring (bicyclic) bond motifs is 2. The van der Waals surface area contributed by atoms with Crippen molar-refractivity contribution < 1.29 is 23.4 Å². The van der Waals surface area contributed by atoms with Crippen LogP contribution >= 0.6 is 15.9 Å². The monoisotopic (exact) mass is 570 g/mol. The van der Waals surface area contributed by atoms with Crippen LogP contribution in [0.2, 0.25) is 0 Å². The van der Waals surface area contributed by atoms with Gasteiger partial charge in [-0.3, -0.25) is 14.5 Å². The van der Waals surface area contributed by atoms with Gasteiger partial charge in [-0.25, -0.2) is 0 Å². The van der Waals surface area contributed by atoms with Crippen LogP contribution in [0.15, 0.2) is 50.1 Å². The van der Waals surface area contributed by atoms with Crippen molar-refractivity contribution in [3.8, 4) is 11.5 Å². The molecule has 0 bridgehead atoms. The fourth-order valence-electron chi connectivity index (χ4n) is 4.87. The van der Waals surface area contributed by atoms with Crippen LogP contribution in [0, 0.1) is 5.92 Å². The van der Waals surface area contributed by atoms with Gasteiger partial charge in [-0.15, -0.1) is 0 Å². The number of methoxy groups -OCH3 is 1. The van der Waals surface area contributed by atoms with E-state index >= 15 is 0 Å². The van der Waals surface area contributed by atoms with E-state index in [-0.39, 0.29) is 17.1 Å². The van der Waals surface area contributed by atoms with Crippen molar-refractivity contribution in [2.45, 2.75) is 19.9 Å². The zero-order valence-electron chi connectivity index (χ0n) is 21.3. The highest BCUT2D eigenvalue weighted by Crippen LogP contribution is 2.41. The number of morpholine rings is 1. The molecule has 0 aliphatic carbocycles. The summed E-state index contributed by atoms with van der Waals surface area (Å²) < 4.78 is 23.9. The molecule has 0 radical (unpaired) electrons. The quantitative estimate of drug-likeness (QED) is 0.395. The summed E-state index contributed by atoms with van der Waals surface area (Å²) in [5.41, 5.74) is 1.31. The summed E-state index contributed by atoms with van der Waals surface area (Å²) in [5, 5.41) is 0.435. The lowest BCUT2D eigenvalue weighted by atomic mass is 9.98.